The van der Waals surface area contributed by atoms with E-state index in [0.29, 0.717) is 11.8 Å². The van der Waals surface area contributed by atoms with Crippen molar-refractivity contribution >= 4 is 39.1 Å². The third kappa shape index (κ3) is 3.30. The van der Waals surface area contributed by atoms with Crippen molar-refractivity contribution in [1.82, 2.24) is 9.78 Å². The maximum atomic E-state index is 6.33. The highest BCUT2D eigenvalue weighted by atomic mass is 79.9. The summed E-state index contributed by atoms with van der Waals surface area (Å²) in [6.45, 7) is 4.93. The van der Waals surface area contributed by atoms with Crippen molar-refractivity contribution < 1.29 is 0 Å². The molecule has 0 unspecified atom stereocenters. The summed E-state index contributed by atoms with van der Waals surface area (Å²) in [5, 5.41) is 4.56. The molecule has 2 rings (SSSR count). The number of hydrogen-bond acceptors (Lipinski definition) is 1. The lowest BCUT2D eigenvalue weighted by Crippen LogP contribution is -2.34. The number of nitrogens with zero attached hydrogens (tertiary/aromatic N) is 2. The van der Waals surface area contributed by atoms with Gasteiger partial charge in [0.15, 0.2) is 0 Å². The zero-order chi connectivity index (χ0) is 15.5. The topological polar surface area (TPSA) is 17.8 Å². The molecule has 114 valence electrons. The number of rotatable bonds is 6. The van der Waals surface area contributed by atoms with Crippen LogP contribution in [0, 0.1) is 6.92 Å². The van der Waals surface area contributed by atoms with Gasteiger partial charge in [-0.05, 0) is 35.3 Å². The Hall–Kier alpha value is -0.510. The van der Waals surface area contributed by atoms with Crippen molar-refractivity contribution in [2.45, 2.75) is 32.2 Å². The molecule has 1 aromatic heterocycles. The van der Waals surface area contributed by atoms with E-state index in [1.165, 1.54) is 5.56 Å². The Balaban J connectivity index is 2.46. The summed E-state index contributed by atoms with van der Waals surface area (Å²) in [4.78, 5) is 0. The number of benzene rings is 1. The van der Waals surface area contributed by atoms with Crippen LogP contribution >= 0.6 is 39.1 Å². The maximum absolute atomic E-state index is 6.33. The van der Waals surface area contributed by atoms with Crippen LogP contribution < -0.4 is 0 Å². The molecule has 5 heteroatoms. The van der Waals surface area contributed by atoms with Gasteiger partial charge in [0.25, 0.3) is 0 Å². The van der Waals surface area contributed by atoms with E-state index in [4.69, 9.17) is 23.2 Å². The summed E-state index contributed by atoms with van der Waals surface area (Å²) in [7, 11) is 0. The van der Waals surface area contributed by atoms with Crippen molar-refractivity contribution in [3.05, 3.63) is 51.8 Å². The lowest BCUT2D eigenvalue weighted by molar-refractivity contribution is 0.497. The molecule has 0 aliphatic heterocycles. The predicted octanol–water partition coefficient (Wildman–Crippen LogP) is 4.93. The minimum absolute atomic E-state index is 0.285. The molecular weight excluding hydrogens is 371 g/mol. The minimum Gasteiger partial charge on any atom is -0.268 e. The first-order valence-electron chi connectivity index (χ1n) is 6.97. The van der Waals surface area contributed by atoms with Gasteiger partial charge in [0.1, 0.15) is 0 Å². The highest BCUT2D eigenvalue weighted by Gasteiger charge is 2.33. The lowest BCUT2D eigenvalue weighted by atomic mass is 9.80. The van der Waals surface area contributed by atoms with Gasteiger partial charge in [-0.3, -0.25) is 4.68 Å². The fourth-order valence-electron chi connectivity index (χ4n) is 2.54. The van der Waals surface area contributed by atoms with Crippen molar-refractivity contribution in [3.63, 3.8) is 0 Å². The van der Waals surface area contributed by atoms with Gasteiger partial charge < -0.3 is 0 Å². The van der Waals surface area contributed by atoms with Crippen LogP contribution in [0.15, 0.2) is 34.8 Å². The summed E-state index contributed by atoms with van der Waals surface area (Å²) in [5.74, 6) is 0.946. The number of aromatic nitrogens is 2. The Kier molecular flexibility index (Phi) is 5.75. The fraction of sp³-hybridized carbons (Fsp3) is 0.438. The molecule has 0 amide bonds. The number of alkyl halides is 2. The van der Waals surface area contributed by atoms with Crippen molar-refractivity contribution in [1.29, 1.82) is 0 Å². The molecular formula is C16H19BrCl2N2. The quantitative estimate of drug-likeness (QED) is 0.640. The Bertz CT molecular complexity index is 592. The third-order valence-electron chi connectivity index (χ3n) is 3.86. The molecule has 0 atom stereocenters. The van der Waals surface area contributed by atoms with E-state index in [-0.39, 0.29) is 5.41 Å². The van der Waals surface area contributed by atoms with E-state index in [1.807, 2.05) is 29.8 Å². The Morgan fingerprint density at radius 3 is 2.33 bits per heavy atom. The zero-order valence-corrected chi connectivity index (χ0v) is 15.3. The number of halogens is 3. The summed E-state index contributed by atoms with van der Waals surface area (Å²) in [6.07, 6.45) is 0.763. The molecule has 0 saturated heterocycles. The molecule has 0 aliphatic rings. The van der Waals surface area contributed by atoms with Crippen LogP contribution in [0.2, 0.25) is 0 Å². The zero-order valence-electron chi connectivity index (χ0n) is 12.2. The Labute approximate surface area is 144 Å². The molecule has 21 heavy (non-hydrogen) atoms. The molecule has 0 bridgehead atoms. The van der Waals surface area contributed by atoms with Crippen LogP contribution in [0.5, 0.6) is 0 Å². The SMILES string of the molecule is CCn1nc(C)c(Br)c1CC(CCl)(CCl)c1ccccc1. The maximum Gasteiger partial charge on any atom is 0.0738 e. The molecule has 0 N–H and O–H groups in total. The molecule has 1 heterocycles. The summed E-state index contributed by atoms with van der Waals surface area (Å²) in [5.41, 5.74) is 3.04. The predicted molar refractivity (Wildman–Crippen MR) is 93.6 cm³/mol. The van der Waals surface area contributed by atoms with Gasteiger partial charge in [-0.2, -0.15) is 5.10 Å². The monoisotopic (exact) mass is 388 g/mol. The van der Waals surface area contributed by atoms with Crippen LogP contribution in [-0.4, -0.2) is 21.5 Å². The lowest BCUT2D eigenvalue weighted by Gasteiger charge is -2.30. The standard InChI is InChI=1S/C16H19BrCl2N2/c1-3-21-14(15(17)12(2)20-21)9-16(10-18,11-19)13-7-5-4-6-8-13/h4-8H,3,9-11H2,1-2H3. The summed E-state index contributed by atoms with van der Waals surface area (Å²) >= 11 is 16.3. The average Bonchev–Trinajstić information content (AvgIpc) is 2.80. The second kappa shape index (κ2) is 7.17. The summed E-state index contributed by atoms with van der Waals surface area (Å²) in [6, 6.07) is 10.3. The van der Waals surface area contributed by atoms with Gasteiger partial charge in [-0.25, -0.2) is 0 Å². The summed E-state index contributed by atoms with van der Waals surface area (Å²) < 4.78 is 3.08. The van der Waals surface area contributed by atoms with Gasteiger partial charge in [0.05, 0.1) is 15.9 Å². The molecule has 0 aliphatic carbocycles. The van der Waals surface area contributed by atoms with Crippen molar-refractivity contribution in [2.24, 2.45) is 0 Å². The van der Waals surface area contributed by atoms with Crippen LogP contribution in [0.4, 0.5) is 0 Å². The van der Waals surface area contributed by atoms with Gasteiger partial charge in [-0.15, -0.1) is 23.2 Å². The van der Waals surface area contributed by atoms with Crippen LogP contribution in [-0.2, 0) is 18.4 Å². The van der Waals surface area contributed by atoms with Crippen LogP contribution in [0.1, 0.15) is 23.9 Å². The third-order valence-corrected chi connectivity index (χ3v) is 5.91. The van der Waals surface area contributed by atoms with E-state index in [2.05, 4.69) is 40.1 Å². The van der Waals surface area contributed by atoms with E-state index in [1.54, 1.807) is 0 Å². The molecule has 0 radical (unpaired) electrons. The second-order valence-corrected chi connectivity index (χ2v) is 6.58. The Morgan fingerprint density at radius 1 is 1.19 bits per heavy atom. The van der Waals surface area contributed by atoms with E-state index < -0.39 is 0 Å². The van der Waals surface area contributed by atoms with Crippen molar-refractivity contribution in [2.75, 3.05) is 11.8 Å². The average molecular weight is 390 g/mol. The van der Waals surface area contributed by atoms with Crippen LogP contribution in [0.25, 0.3) is 0 Å². The van der Waals surface area contributed by atoms with Gasteiger partial charge >= 0.3 is 0 Å². The smallest absolute Gasteiger partial charge is 0.0738 e. The van der Waals surface area contributed by atoms with E-state index in [0.717, 1.165) is 28.8 Å². The van der Waals surface area contributed by atoms with E-state index in [9.17, 15) is 0 Å². The number of hydrogen-bond donors (Lipinski definition) is 0. The molecule has 2 aromatic rings. The second-order valence-electron chi connectivity index (χ2n) is 5.25. The normalized spacial score (nSPS) is 11.9. The molecule has 0 fully saturated rings. The highest BCUT2D eigenvalue weighted by molar-refractivity contribution is 9.10. The molecule has 1 aromatic carbocycles. The first kappa shape index (κ1) is 16.9. The van der Waals surface area contributed by atoms with Gasteiger partial charge in [0.2, 0.25) is 0 Å². The molecule has 0 saturated carbocycles. The largest absolute Gasteiger partial charge is 0.268 e. The Morgan fingerprint density at radius 2 is 1.81 bits per heavy atom. The fourth-order valence-corrected chi connectivity index (χ4v) is 3.74. The molecule has 0 spiro atoms. The minimum atomic E-state index is -0.285. The first-order chi connectivity index (χ1) is 10.1. The number of aryl methyl sites for hydroxylation is 2. The molecule has 2 nitrogen and oxygen atoms in total. The highest BCUT2D eigenvalue weighted by Crippen LogP contribution is 2.34. The van der Waals surface area contributed by atoms with Gasteiger partial charge in [-0.1, -0.05) is 30.3 Å². The van der Waals surface area contributed by atoms with E-state index >= 15 is 0 Å². The van der Waals surface area contributed by atoms with Gasteiger partial charge in [0, 0.05) is 30.1 Å². The first-order valence-corrected chi connectivity index (χ1v) is 8.83. The van der Waals surface area contributed by atoms with Crippen LogP contribution in [0.3, 0.4) is 0 Å². The van der Waals surface area contributed by atoms with Crippen molar-refractivity contribution in [3.8, 4) is 0 Å².